The molecular formula is C14H14FN7O2. The molecule has 0 atom stereocenters. The van der Waals surface area contributed by atoms with Crippen LogP contribution < -0.4 is 10.6 Å². The minimum atomic E-state index is -0.647. The standard InChI is InChI=1S/C14H14FN7O2/c1-9-6-13(21-14(20-9)18-8-19-21)17-5-4-16-11-3-2-10(15)7-12(11)22(23)24/h2-3,6-8,16-17H,4-5H2,1H3. The second kappa shape index (κ2) is 6.44. The monoisotopic (exact) mass is 331 g/mol. The van der Waals surface area contributed by atoms with Crippen molar-refractivity contribution in [2.75, 3.05) is 23.7 Å². The van der Waals surface area contributed by atoms with E-state index in [1.54, 1.807) is 4.52 Å². The molecule has 10 heteroatoms. The SMILES string of the molecule is Cc1cc(NCCNc2ccc(F)cc2[N+](=O)[O-])n2ncnc2n1. The van der Waals surface area contributed by atoms with Crippen LogP contribution in [-0.4, -0.2) is 37.6 Å². The van der Waals surface area contributed by atoms with Crippen molar-refractivity contribution < 1.29 is 9.31 Å². The minimum Gasteiger partial charge on any atom is -0.378 e. The van der Waals surface area contributed by atoms with Crippen molar-refractivity contribution >= 4 is 23.0 Å². The van der Waals surface area contributed by atoms with E-state index in [1.165, 1.54) is 18.5 Å². The van der Waals surface area contributed by atoms with E-state index in [2.05, 4.69) is 25.7 Å². The zero-order chi connectivity index (χ0) is 17.1. The summed E-state index contributed by atoms with van der Waals surface area (Å²) in [5.74, 6) is 0.552. The molecule has 124 valence electrons. The van der Waals surface area contributed by atoms with Crippen molar-refractivity contribution in [2.45, 2.75) is 6.92 Å². The molecule has 1 aromatic carbocycles. The molecule has 9 nitrogen and oxygen atoms in total. The molecule has 0 amide bonds. The maximum Gasteiger partial charge on any atom is 0.295 e. The molecule has 0 spiro atoms. The number of nitrogens with zero attached hydrogens (tertiary/aromatic N) is 5. The Hall–Kier alpha value is -3.30. The first kappa shape index (κ1) is 15.6. The summed E-state index contributed by atoms with van der Waals surface area (Å²) in [6.45, 7) is 2.71. The van der Waals surface area contributed by atoms with E-state index in [4.69, 9.17) is 0 Å². The van der Waals surface area contributed by atoms with Crippen LogP contribution in [0.3, 0.4) is 0 Å². The lowest BCUT2D eigenvalue weighted by Gasteiger charge is -2.10. The van der Waals surface area contributed by atoms with E-state index in [-0.39, 0.29) is 11.4 Å². The molecule has 0 aliphatic heterocycles. The number of aryl methyl sites for hydroxylation is 1. The van der Waals surface area contributed by atoms with Gasteiger partial charge in [0.15, 0.2) is 0 Å². The number of rotatable bonds is 6. The zero-order valence-electron chi connectivity index (χ0n) is 12.7. The zero-order valence-corrected chi connectivity index (χ0v) is 12.7. The quantitative estimate of drug-likeness (QED) is 0.404. The Morgan fingerprint density at radius 3 is 2.88 bits per heavy atom. The molecule has 24 heavy (non-hydrogen) atoms. The predicted molar refractivity (Wildman–Crippen MR) is 85.6 cm³/mol. The Morgan fingerprint density at radius 2 is 2.08 bits per heavy atom. The molecule has 3 aromatic rings. The van der Waals surface area contributed by atoms with Gasteiger partial charge in [-0.05, 0) is 19.1 Å². The number of benzene rings is 1. The summed E-state index contributed by atoms with van der Waals surface area (Å²) in [5, 5.41) is 21.1. The number of nitro groups is 1. The van der Waals surface area contributed by atoms with E-state index >= 15 is 0 Å². The lowest BCUT2D eigenvalue weighted by Crippen LogP contribution is -2.16. The van der Waals surface area contributed by atoms with Gasteiger partial charge in [0.2, 0.25) is 0 Å². The molecule has 0 saturated carbocycles. The van der Waals surface area contributed by atoms with E-state index < -0.39 is 10.7 Å². The van der Waals surface area contributed by atoms with Crippen LogP contribution in [0.15, 0.2) is 30.6 Å². The molecule has 2 heterocycles. The summed E-state index contributed by atoms with van der Waals surface area (Å²) in [7, 11) is 0. The van der Waals surface area contributed by atoms with Crippen molar-refractivity contribution in [2.24, 2.45) is 0 Å². The first-order chi connectivity index (χ1) is 11.5. The number of fused-ring (bicyclic) bond motifs is 1. The Balaban J connectivity index is 1.65. The molecule has 0 aliphatic rings. The van der Waals surface area contributed by atoms with Crippen LogP contribution in [0.5, 0.6) is 0 Å². The molecule has 0 aliphatic carbocycles. The van der Waals surface area contributed by atoms with Gasteiger partial charge in [-0.3, -0.25) is 10.1 Å². The van der Waals surface area contributed by atoms with Crippen LogP contribution in [0.1, 0.15) is 5.69 Å². The predicted octanol–water partition coefficient (Wildman–Crippen LogP) is 2.00. The van der Waals surface area contributed by atoms with E-state index in [0.29, 0.717) is 24.7 Å². The molecule has 2 aromatic heterocycles. The molecule has 0 radical (unpaired) electrons. The van der Waals surface area contributed by atoms with E-state index in [9.17, 15) is 14.5 Å². The third-order valence-corrected chi connectivity index (χ3v) is 3.28. The van der Waals surface area contributed by atoms with Crippen LogP contribution in [0.25, 0.3) is 5.78 Å². The summed E-state index contributed by atoms with van der Waals surface area (Å²) in [4.78, 5) is 18.6. The van der Waals surface area contributed by atoms with Gasteiger partial charge in [-0.15, -0.1) is 0 Å². The number of aromatic nitrogens is 4. The normalized spacial score (nSPS) is 10.8. The highest BCUT2D eigenvalue weighted by molar-refractivity contribution is 5.61. The van der Waals surface area contributed by atoms with Crippen molar-refractivity contribution in [1.82, 2.24) is 19.6 Å². The average molecular weight is 331 g/mol. The van der Waals surface area contributed by atoms with Gasteiger partial charge in [-0.25, -0.2) is 9.37 Å². The Morgan fingerprint density at radius 1 is 1.29 bits per heavy atom. The van der Waals surface area contributed by atoms with Gasteiger partial charge in [0.1, 0.15) is 23.6 Å². The largest absolute Gasteiger partial charge is 0.378 e. The van der Waals surface area contributed by atoms with Gasteiger partial charge in [-0.1, -0.05) is 0 Å². The van der Waals surface area contributed by atoms with Gasteiger partial charge in [0.05, 0.1) is 11.0 Å². The summed E-state index contributed by atoms with van der Waals surface area (Å²) < 4.78 is 14.7. The van der Waals surface area contributed by atoms with Crippen LogP contribution in [-0.2, 0) is 0 Å². The van der Waals surface area contributed by atoms with Gasteiger partial charge < -0.3 is 10.6 Å². The summed E-state index contributed by atoms with van der Waals surface area (Å²) in [6, 6.07) is 5.23. The molecular weight excluding hydrogens is 317 g/mol. The Labute approximate surface area is 135 Å². The molecule has 0 fully saturated rings. The van der Waals surface area contributed by atoms with Crippen LogP contribution in [0.2, 0.25) is 0 Å². The Kier molecular flexibility index (Phi) is 4.18. The van der Waals surface area contributed by atoms with Crippen LogP contribution >= 0.6 is 0 Å². The highest BCUT2D eigenvalue weighted by atomic mass is 19.1. The lowest BCUT2D eigenvalue weighted by atomic mass is 10.2. The van der Waals surface area contributed by atoms with Gasteiger partial charge in [0.25, 0.3) is 11.5 Å². The van der Waals surface area contributed by atoms with Crippen molar-refractivity contribution in [3.63, 3.8) is 0 Å². The second-order valence-corrected chi connectivity index (χ2v) is 5.03. The number of nitro benzene ring substituents is 1. The third-order valence-electron chi connectivity index (χ3n) is 3.28. The maximum atomic E-state index is 13.1. The van der Waals surface area contributed by atoms with Gasteiger partial charge in [-0.2, -0.15) is 14.6 Å². The first-order valence-corrected chi connectivity index (χ1v) is 7.13. The molecule has 0 saturated heterocycles. The second-order valence-electron chi connectivity index (χ2n) is 5.03. The molecule has 3 rings (SSSR count). The summed E-state index contributed by atoms with van der Waals surface area (Å²) >= 11 is 0. The number of hydrogen-bond acceptors (Lipinski definition) is 7. The summed E-state index contributed by atoms with van der Waals surface area (Å²) in [6.07, 6.45) is 1.41. The number of nitrogens with one attached hydrogen (secondary N) is 2. The van der Waals surface area contributed by atoms with Crippen LogP contribution in [0.4, 0.5) is 21.6 Å². The number of halogens is 1. The fourth-order valence-electron chi connectivity index (χ4n) is 2.25. The third kappa shape index (κ3) is 3.21. The highest BCUT2D eigenvalue weighted by Crippen LogP contribution is 2.24. The molecule has 2 N–H and O–H groups in total. The van der Waals surface area contributed by atoms with Crippen molar-refractivity contribution in [3.05, 3.63) is 52.2 Å². The number of hydrogen-bond donors (Lipinski definition) is 2. The van der Waals surface area contributed by atoms with Gasteiger partial charge >= 0.3 is 0 Å². The van der Waals surface area contributed by atoms with Crippen LogP contribution in [0, 0.1) is 22.9 Å². The molecule has 0 unspecified atom stereocenters. The minimum absolute atomic E-state index is 0.264. The van der Waals surface area contributed by atoms with Crippen molar-refractivity contribution in [1.29, 1.82) is 0 Å². The highest BCUT2D eigenvalue weighted by Gasteiger charge is 2.14. The average Bonchev–Trinajstić information content (AvgIpc) is 3.00. The summed E-state index contributed by atoms with van der Waals surface area (Å²) in [5.41, 5.74) is 0.758. The Bertz CT molecular complexity index is 896. The first-order valence-electron chi connectivity index (χ1n) is 7.13. The lowest BCUT2D eigenvalue weighted by molar-refractivity contribution is -0.384. The fourth-order valence-corrected chi connectivity index (χ4v) is 2.25. The van der Waals surface area contributed by atoms with Gasteiger partial charge in [0, 0.05) is 24.8 Å². The number of anilines is 2. The fraction of sp³-hybridized carbons (Fsp3) is 0.214. The molecule has 0 bridgehead atoms. The van der Waals surface area contributed by atoms with E-state index in [0.717, 1.165) is 11.8 Å². The maximum absolute atomic E-state index is 13.1. The topological polar surface area (TPSA) is 110 Å². The smallest absolute Gasteiger partial charge is 0.295 e. The van der Waals surface area contributed by atoms with E-state index in [1.807, 2.05) is 13.0 Å². The van der Waals surface area contributed by atoms with Crippen molar-refractivity contribution in [3.8, 4) is 0 Å².